The Morgan fingerprint density at radius 1 is 1.15 bits per heavy atom. The number of fused-ring (bicyclic) bond motifs is 1. The van der Waals surface area contributed by atoms with Gasteiger partial charge in [-0.1, -0.05) is 6.07 Å². The Morgan fingerprint density at radius 3 is 2.78 bits per heavy atom. The van der Waals surface area contributed by atoms with Crippen LogP contribution in [0.5, 0.6) is 5.75 Å². The van der Waals surface area contributed by atoms with Crippen molar-refractivity contribution in [3.05, 3.63) is 64.7 Å². The van der Waals surface area contributed by atoms with Gasteiger partial charge < -0.3 is 14.8 Å². The fraction of sp³-hybridized carbons (Fsp3) is 0.350. The van der Waals surface area contributed by atoms with Gasteiger partial charge in [-0.05, 0) is 60.7 Å². The van der Waals surface area contributed by atoms with Crippen molar-refractivity contribution in [3.8, 4) is 5.75 Å². The van der Waals surface area contributed by atoms with Crippen LogP contribution >= 0.6 is 0 Å². The molecule has 2 aromatic rings. The minimum Gasteiger partial charge on any atom is -0.492 e. The quantitative estimate of drug-likeness (QED) is 0.549. The third-order valence-corrected chi connectivity index (χ3v) is 4.61. The summed E-state index contributed by atoms with van der Waals surface area (Å²) in [6.07, 6.45) is 2.00. The van der Waals surface area contributed by atoms with Gasteiger partial charge in [-0.2, -0.15) is 0 Å². The van der Waals surface area contributed by atoms with Gasteiger partial charge in [-0.15, -0.1) is 0 Å². The van der Waals surface area contributed by atoms with E-state index in [1.54, 1.807) is 23.1 Å². The van der Waals surface area contributed by atoms with Gasteiger partial charge in [-0.3, -0.25) is 4.79 Å². The molecule has 0 aliphatic carbocycles. The highest BCUT2D eigenvalue weighted by atomic mass is 19.2. The maximum atomic E-state index is 13.3. The Labute approximate surface area is 156 Å². The third-order valence-electron chi connectivity index (χ3n) is 4.61. The van der Waals surface area contributed by atoms with Gasteiger partial charge in [-0.25, -0.2) is 14.3 Å². The molecule has 2 aromatic carbocycles. The number of hydrogen-bond acceptors (Lipinski definition) is 4. The van der Waals surface area contributed by atoms with Crippen LogP contribution in [0.2, 0.25) is 0 Å². The summed E-state index contributed by atoms with van der Waals surface area (Å²) in [4.78, 5) is 14.5. The smallest absolute Gasteiger partial charge is 0.254 e. The summed E-state index contributed by atoms with van der Waals surface area (Å²) in [7, 11) is 0. The Bertz CT molecular complexity index is 814. The zero-order chi connectivity index (χ0) is 19.2. The minimum absolute atomic E-state index is 0.0230. The highest BCUT2D eigenvalue weighted by Crippen LogP contribution is 2.24. The molecule has 1 aliphatic rings. The van der Waals surface area contributed by atoms with Crippen molar-refractivity contribution < 1.29 is 23.5 Å². The first-order chi connectivity index (χ1) is 13.1. The number of carbonyl (C=O) groups excluding carboxylic acids is 1. The topological polar surface area (TPSA) is 61.8 Å². The number of amides is 1. The molecule has 0 bridgehead atoms. The lowest BCUT2D eigenvalue weighted by molar-refractivity contribution is 0.0738. The second kappa shape index (κ2) is 8.92. The predicted molar refractivity (Wildman–Crippen MR) is 96.0 cm³/mol. The molecule has 7 heteroatoms. The number of hydroxylamine groups is 1. The lowest BCUT2D eigenvalue weighted by atomic mass is 9.98. The van der Waals surface area contributed by atoms with Crippen molar-refractivity contribution in [3.63, 3.8) is 0 Å². The van der Waals surface area contributed by atoms with E-state index in [4.69, 9.17) is 9.94 Å². The van der Waals surface area contributed by atoms with Gasteiger partial charge in [0.15, 0.2) is 11.6 Å². The Hall–Kier alpha value is -2.51. The van der Waals surface area contributed by atoms with Crippen LogP contribution in [0.15, 0.2) is 36.4 Å². The second-order valence-electron chi connectivity index (χ2n) is 6.47. The van der Waals surface area contributed by atoms with Gasteiger partial charge in [0.1, 0.15) is 12.4 Å². The number of nitrogens with zero attached hydrogens (tertiary/aromatic N) is 1. The first-order valence-corrected chi connectivity index (χ1v) is 8.94. The maximum absolute atomic E-state index is 13.3. The van der Waals surface area contributed by atoms with Gasteiger partial charge in [0.05, 0.1) is 6.54 Å². The lowest BCUT2D eigenvalue weighted by Gasteiger charge is -2.29. The Balaban J connectivity index is 1.55. The van der Waals surface area contributed by atoms with Crippen LogP contribution < -0.4 is 10.2 Å². The number of ether oxygens (including phenoxy) is 1. The third kappa shape index (κ3) is 4.81. The van der Waals surface area contributed by atoms with Crippen LogP contribution in [-0.4, -0.2) is 42.3 Å². The zero-order valence-electron chi connectivity index (χ0n) is 14.9. The van der Waals surface area contributed by atoms with Gasteiger partial charge in [0, 0.05) is 18.7 Å². The minimum atomic E-state index is -0.850. The molecule has 0 atom stereocenters. The fourth-order valence-electron chi connectivity index (χ4n) is 3.20. The normalized spacial score (nSPS) is 13.6. The highest BCUT2D eigenvalue weighted by Gasteiger charge is 2.24. The molecule has 0 saturated heterocycles. The Morgan fingerprint density at radius 2 is 2.00 bits per heavy atom. The average molecular weight is 376 g/mol. The van der Waals surface area contributed by atoms with Crippen LogP contribution in [0, 0.1) is 11.6 Å². The number of benzene rings is 2. The van der Waals surface area contributed by atoms with E-state index in [-0.39, 0.29) is 5.91 Å². The molecule has 0 unspecified atom stereocenters. The number of nitrogens with one attached hydrogen (secondary N) is 1. The van der Waals surface area contributed by atoms with Crippen molar-refractivity contribution in [2.75, 3.05) is 26.2 Å². The SMILES string of the molecule is O=C1c2ccc(OCCNO)cc2CCN1CCCc1ccc(F)c(F)c1. The zero-order valence-corrected chi connectivity index (χ0v) is 14.9. The number of carbonyl (C=O) groups is 1. The van der Waals surface area contributed by atoms with Gasteiger partial charge in [0.25, 0.3) is 5.91 Å². The molecule has 5 nitrogen and oxygen atoms in total. The van der Waals surface area contributed by atoms with E-state index in [0.717, 1.165) is 23.6 Å². The molecule has 27 heavy (non-hydrogen) atoms. The largest absolute Gasteiger partial charge is 0.492 e. The molecule has 3 rings (SSSR count). The molecule has 0 spiro atoms. The van der Waals surface area contributed by atoms with E-state index in [0.29, 0.717) is 50.4 Å². The lowest BCUT2D eigenvalue weighted by Crippen LogP contribution is -2.38. The van der Waals surface area contributed by atoms with Crippen molar-refractivity contribution in [1.82, 2.24) is 10.4 Å². The summed E-state index contributed by atoms with van der Waals surface area (Å²) in [5, 5.41) is 8.55. The van der Waals surface area contributed by atoms with Crippen molar-refractivity contribution in [1.29, 1.82) is 0 Å². The molecule has 0 saturated carbocycles. The first-order valence-electron chi connectivity index (χ1n) is 8.94. The molecular weight excluding hydrogens is 354 g/mol. The molecule has 2 N–H and O–H groups in total. The van der Waals surface area contributed by atoms with E-state index in [2.05, 4.69) is 0 Å². The molecular formula is C20H22F2N2O3. The number of aryl methyl sites for hydroxylation is 1. The van der Waals surface area contributed by atoms with Crippen LogP contribution in [0.25, 0.3) is 0 Å². The Kier molecular flexibility index (Phi) is 6.36. The molecule has 1 aliphatic heterocycles. The van der Waals surface area contributed by atoms with Crippen LogP contribution in [0.4, 0.5) is 8.78 Å². The first kappa shape index (κ1) is 19.3. The summed E-state index contributed by atoms with van der Waals surface area (Å²) in [5.74, 6) is -1.05. The fourth-order valence-corrected chi connectivity index (χ4v) is 3.20. The summed E-state index contributed by atoms with van der Waals surface area (Å²) in [5.41, 5.74) is 4.36. The molecule has 1 heterocycles. The van der Waals surface area contributed by atoms with Gasteiger partial charge in [0.2, 0.25) is 0 Å². The van der Waals surface area contributed by atoms with E-state index in [1.165, 1.54) is 6.07 Å². The summed E-state index contributed by atoms with van der Waals surface area (Å²) >= 11 is 0. The number of rotatable bonds is 8. The highest BCUT2D eigenvalue weighted by molar-refractivity contribution is 5.96. The van der Waals surface area contributed by atoms with Crippen LogP contribution in [-0.2, 0) is 12.8 Å². The predicted octanol–water partition coefficient (Wildman–Crippen LogP) is 2.95. The number of hydrogen-bond donors (Lipinski definition) is 2. The summed E-state index contributed by atoms with van der Waals surface area (Å²) < 4.78 is 31.7. The maximum Gasteiger partial charge on any atom is 0.254 e. The summed E-state index contributed by atoms with van der Waals surface area (Å²) in [6, 6.07) is 9.28. The average Bonchev–Trinajstić information content (AvgIpc) is 2.67. The number of halogens is 2. The monoisotopic (exact) mass is 376 g/mol. The van der Waals surface area contributed by atoms with E-state index in [9.17, 15) is 13.6 Å². The van der Waals surface area contributed by atoms with Crippen molar-refractivity contribution >= 4 is 5.91 Å². The second-order valence-corrected chi connectivity index (χ2v) is 6.47. The van der Waals surface area contributed by atoms with Crippen molar-refractivity contribution in [2.24, 2.45) is 0 Å². The standard InChI is InChI=1S/C20H22F2N2O3/c21-18-6-3-14(12-19(18)22)2-1-9-24-10-7-15-13-16(27-11-8-23-26)4-5-17(15)20(24)25/h3-6,12-13,23,26H,1-2,7-11H2. The molecule has 144 valence electrons. The van der Waals surface area contributed by atoms with Crippen LogP contribution in [0.3, 0.4) is 0 Å². The molecule has 0 fully saturated rings. The van der Waals surface area contributed by atoms with Crippen LogP contribution in [0.1, 0.15) is 27.9 Å². The van der Waals surface area contributed by atoms with E-state index in [1.807, 2.05) is 11.5 Å². The van der Waals surface area contributed by atoms with Crippen molar-refractivity contribution in [2.45, 2.75) is 19.3 Å². The van der Waals surface area contributed by atoms with Gasteiger partial charge >= 0.3 is 0 Å². The summed E-state index contributed by atoms with van der Waals surface area (Å²) in [6.45, 7) is 1.84. The molecule has 0 aromatic heterocycles. The molecule has 0 radical (unpaired) electrons. The van der Waals surface area contributed by atoms with E-state index >= 15 is 0 Å². The van der Waals surface area contributed by atoms with E-state index < -0.39 is 11.6 Å². The molecule has 1 amide bonds.